The molecule has 0 heterocycles. The molecule has 2 aromatic carbocycles. The Morgan fingerprint density at radius 2 is 1.88 bits per heavy atom. The zero-order valence-electron chi connectivity index (χ0n) is 13.4. The number of carbonyl (C=O) groups is 1. The Labute approximate surface area is 154 Å². The first-order valence-corrected chi connectivity index (χ1v) is 8.30. The first kappa shape index (κ1) is 18.8. The molecule has 1 aliphatic rings. The molecule has 128 valence electrons. The lowest BCUT2D eigenvalue weighted by Gasteiger charge is -2.19. The molecular formula is C19H22Cl2N2O. The maximum atomic E-state index is 12.3. The summed E-state index contributed by atoms with van der Waals surface area (Å²) in [6.45, 7) is 0.620. The van der Waals surface area contributed by atoms with E-state index in [0.29, 0.717) is 13.0 Å². The van der Waals surface area contributed by atoms with Gasteiger partial charge in [-0.1, -0.05) is 54.1 Å². The Balaban J connectivity index is 0.00000208. The van der Waals surface area contributed by atoms with Crippen LogP contribution in [0.15, 0.2) is 54.6 Å². The van der Waals surface area contributed by atoms with Gasteiger partial charge in [-0.3, -0.25) is 4.79 Å². The summed E-state index contributed by atoms with van der Waals surface area (Å²) < 4.78 is 0. The number of carbonyl (C=O) groups excluding carboxylic acids is 1. The summed E-state index contributed by atoms with van der Waals surface area (Å²) in [7, 11) is 0. The van der Waals surface area contributed by atoms with Crippen LogP contribution >= 0.6 is 24.0 Å². The van der Waals surface area contributed by atoms with Gasteiger partial charge >= 0.3 is 0 Å². The maximum absolute atomic E-state index is 12.3. The highest BCUT2D eigenvalue weighted by Gasteiger charge is 2.44. The maximum Gasteiger partial charge on any atom is 0.237 e. The summed E-state index contributed by atoms with van der Waals surface area (Å²) >= 11 is 6.07. The largest absolute Gasteiger partial charge is 0.354 e. The highest BCUT2D eigenvalue weighted by Crippen LogP contribution is 2.48. The summed E-state index contributed by atoms with van der Waals surface area (Å²) in [6.07, 6.45) is 2.69. The van der Waals surface area contributed by atoms with E-state index in [0.717, 1.165) is 23.4 Å². The van der Waals surface area contributed by atoms with Crippen LogP contribution in [0, 0.1) is 0 Å². The van der Waals surface area contributed by atoms with Gasteiger partial charge in [0.1, 0.15) is 0 Å². The third kappa shape index (κ3) is 4.50. The van der Waals surface area contributed by atoms with Crippen LogP contribution in [0.25, 0.3) is 0 Å². The number of nitrogens with two attached hydrogens (primary N) is 1. The Hall–Kier alpha value is -1.55. The fraction of sp³-hybridized carbons (Fsp3) is 0.316. The molecule has 5 heteroatoms. The van der Waals surface area contributed by atoms with Gasteiger partial charge in [-0.15, -0.1) is 12.4 Å². The minimum Gasteiger partial charge on any atom is -0.354 e. The molecule has 3 rings (SSSR count). The van der Waals surface area contributed by atoms with Gasteiger partial charge in [0, 0.05) is 17.0 Å². The lowest BCUT2D eigenvalue weighted by Crippen LogP contribution is -2.44. The Morgan fingerprint density at radius 3 is 2.50 bits per heavy atom. The average Bonchev–Trinajstić information content (AvgIpc) is 3.35. The van der Waals surface area contributed by atoms with Crippen molar-refractivity contribution in [1.29, 1.82) is 0 Å². The Bertz CT molecular complexity index is 687. The molecule has 0 radical (unpaired) electrons. The number of halogens is 2. The van der Waals surface area contributed by atoms with Crippen LogP contribution in [-0.2, 0) is 16.6 Å². The van der Waals surface area contributed by atoms with Gasteiger partial charge in [0.2, 0.25) is 5.91 Å². The van der Waals surface area contributed by atoms with Crippen LogP contribution < -0.4 is 11.1 Å². The number of nitrogens with one attached hydrogen (secondary N) is 1. The smallest absolute Gasteiger partial charge is 0.237 e. The van der Waals surface area contributed by atoms with Crippen LogP contribution in [0.4, 0.5) is 0 Å². The second-order valence-corrected chi connectivity index (χ2v) is 6.74. The topological polar surface area (TPSA) is 55.1 Å². The van der Waals surface area contributed by atoms with Gasteiger partial charge in [-0.2, -0.15) is 0 Å². The van der Waals surface area contributed by atoms with Crippen molar-refractivity contribution in [2.45, 2.75) is 30.7 Å². The third-order valence-electron chi connectivity index (χ3n) is 4.53. The molecular weight excluding hydrogens is 343 g/mol. The van der Waals surface area contributed by atoms with Crippen LogP contribution in [-0.4, -0.2) is 18.5 Å². The standard InChI is InChI=1S/C19H21ClN2O.ClH/c20-16-8-4-7-15(12-16)19(9-10-19)13-22-18(23)17(21)11-14-5-2-1-3-6-14;/h1-8,12,17H,9-11,13,21H2,(H,22,23);1H/t17-;/m0./s1. The van der Waals surface area contributed by atoms with Crippen molar-refractivity contribution in [3.63, 3.8) is 0 Å². The van der Waals surface area contributed by atoms with Crippen molar-refractivity contribution in [2.24, 2.45) is 5.73 Å². The molecule has 1 aliphatic carbocycles. The van der Waals surface area contributed by atoms with E-state index in [2.05, 4.69) is 11.4 Å². The molecule has 0 bridgehead atoms. The molecule has 1 saturated carbocycles. The van der Waals surface area contributed by atoms with Crippen molar-refractivity contribution in [1.82, 2.24) is 5.32 Å². The number of rotatable bonds is 6. The molecule has 3 N–H and O–H groups in total. The van der Waals surface area contributed by atoms with Crippen LogP contribution in [0.5, 0.6) is 0 Å². The van der Waals surface area contributed by atoms with Crippen LogP contribution in [0.3, 0.4) is 0 Å². The van der Waals surface area contributed by atoms with Gasteiger partial charge in [0.25, 0.3) is 0 Å². The summed E-state index contributed by atoms with van der Waals surface area (Å²) in [5, 5.41) is 3.75. The lowest BCUT2D eigenvalue weighted by molar-refractivity contribution is -0.122. The summed E-state index contributed by atoms with van der Waals surface area (Å²) in [5.74, 6) is -0.0952. The monoisotopic (exact) mass is 364 g/mol. The molecule has 3 nitrogen and oxygen atoms in total. The molecule has 1 amide bonds. The van der Waals surface area contributed by atoms with Gasteiger partial charge in [0.05, 0.1) is 6.04 Å². The fourth-order valence-electron chi connectivity index (χ4n) is 2.88. The first-order chi connectivity index (χ1) is 11.1. The summed E-state index contributed by atoms with van der Waals surface area (Å²) in [4.78, 5) is 12.3. The van der Waals surface area contributed by atoms with E-state index in [1.54, 1.807) is 0 Å². The SMILES string of the molecule is Cl.N[C@@H](Cc1ccccc1)C(=O)NCC1(c2cccc(Cl)c2)CC1. The van der Waals surface area contributed by atoms with Crippen LogP contribution in [0.1, 0.15) is 24.0 Å². The van der Waals surface area contributed by atoms with E-state index in [1.165, 1.54) is 5.56 Å². The summed E-state index contributed by atoms with van der Waals surface area (Å²) in [5.41, 5.74) is 8.33. The Kier molecular flexibility index (Phi) is 6.27. The van der Waals surface area contributed by atoms with E-state index in [1.807, 2.05) is 48.5 Å². The van der Waals surface area contributed by atoms with Crippen LogP contribution in [0.2, 0.25) is 5.02 Å². The molecule has 0 spiro atoms. The number of hydrogen-bond donors (Lipinski definition) is 2. The average molecular weight is 365 g/mol. The molecule has 0 aliphatic heterocycles. The second kappa shape index (κ2) is 8.02. The number of hydrogen-bond acceptors (Lipinski definition) is 2. The number of amides is 1. The molecule has 24 heavy (non-hydrogen) atoms. The van der Waals surface area contributed by atoms with Crippen molar-refractivity contribution in [3.05, 3.63) is 70.7 Å². The zero-order chi connectivity index (χ0) is 16.3. The highest BCUT2D eigenvalue weighted by molar-refractivity contribution is 6.30. The highest BCUT2D eigenvalue weighted by atomic mass is 35.5. The van der Waals surface area contributed by atoms with Gasteiger partial charge < -0.3 is 11.1 Å². The van der Waals surface area contributed by atoms with Crippen molar-refractivity contribution in [2.75, 3.05) is 6.54 Å². The normalized spacial score (nSPS) is 15.9. The van der Waals surface area contributed by atoms with E-state index < -0.39 is 6.04 Å². The minimum absolute atomic E-state index is 0. The zero-order valence-corrected chi connectivity index (χ0v) is 14.9. The quantitative estimate of drug-likeness (QED) is 0.824. The second-order valence-electron chi connectivity index (χ2n) is 6.30. The molecule has 2 aromatic rings. The molecule has 1 fully saturated rings. The van der Waals surface area contributed by atoms with E-state index in [4.69, 9.17) is 17.3 Å². The molecule has 1 atom stereocenters. The molecule has 0 aromatic heterocycles. The minimum atomic E-state index is -0.521. The Morgan fingerprint density at radius 1 is 1.17 bits per heavy atom. The van der Waals surface area contributed by atoms with Gasteiger partial charge in [0.15, 0.2) is 0 Å². The van der Waals surface area contributed by atoms with Gasteiger partial charge in [-0.25, -0.2) is 0 Å². The number of benzene rings is 2. The molecule has 0 saturated heterocycles. The van der Waals surface area contributed by atoms with E-state index >= 15 is 0 Å². The molecule has 0 unspecified atom stereocenters. The van der Waals surface area contributed by atoms with Crippen molar-refractivity contribution >= 4 is 29.9 Å². The summed E-state index contributed by atoms with van der Waals surface area (Å²) in [6, 6.07) is 17.2. The third-order valence-corrected chi connectivity index (χ3v) is 4.76. The predicted octanol–water partition coefficient (Wildman–Crippen LogP) is 3.48. The van der Waals surface area contributed by atoms with Crippen molar-refractivity contribution < 1.29 is 4.79 Å². The first-order valence-electron chi connectivity index (χ1n) is 7.92. The van der Waals surface area contributed by atoms with E-state index in [9.17, 15) is 4.79 Å². The van der Waals surface area contributed by atoms with Gasteiger partial charge in [-0.05, 0) is 42.5 Å². The van der Waals surface area contributed by atoms with Crippen molar-refractivity contribution in [3.8, 4) is 0 Å². The van der Waals surface area contributed by atoms with E-state index in [-0.39, 0.29) is 23.7 Å². The lowest BCUT2D eigenvalue weighted by atomic mass is 9.95. The predicted molar refractivity (Wildman–Crippen MR) is 101 cm³/mol. The fourth-order valence-corrected chi connectivity index (χ4v) is 3.08.